The lowest BCUT2D eigenvalue weighted by molar-refractivity contribution is 0.206. The van der Waals surface area contributed by atoms with Crippen LogP contribution in [0.25, 0.3) is 0 Å². The van der Waals surface area contributed by atoms with E-state index in [0.717, 1.165) is 37.4 Å². The van der Waals surface area contributed by atoms with Crippen LogP contribution >= 0.6 is 0 Å². The number of likely N-dealkylation sites (tertiary alicyclic amines) is 1. The van der Waals surface area contributed by atoms with Gasteiger partial charge < -0.3 is 19.5 Å². The number of methoxy groups -OCH3 is 1. The maximum atomic E-state index is 12.6. The first-order chi connectivity index (χ1) is 13.6. The molecule has 6 heteroatoms. The predicted molar refractivity (Wildman–Crippen MR) is 108 cm³/mol. The topological polar surface area (TPSA) is 59.4 Å². The number of carbonyl (C=O) groups is 1. The third-order valence-electron chi connectivity index (χ3n) is 6.17. The molecular weight excluding hydrogens is 352 g/mol. The van der Waals surface area contributed by atoms with Gasteiger partial charge in [0.25, 0.3) is 0 Å². The van der Waals surface area contributed by atoms with Gasteiger partial charge >= 0.3 is 6.03 Å². The van der Waals surface area contributed by atoms with Gasteiger partial charge in [0.1, 0.15) is 11.6 Å². The largest absolute Gasteiger partial charge is 0.497 e. The maximum Gasteiger partial charge on any atom is 0.317 e. The Kier molecular flexibility index (Phi) is 5.55. The molecule has 1 aromatic heterocycles. The first-order valence-electron chi connectivity index (χ1n) is 10.3. The van der Waals surface area contributed by atoms with Crippen LogP contribution in [-0.2, 0) is 13.1 Å². The van der Waals surface area contributed by atoms with Crippen molar-refractivity contribution in [3.63, 3.8) is 0 Å². The van der Waals surface area contributed by atoms with Crippen LogP contribution in [0.3, 0.4) is 0 Å². The standard InChI is InChI=1S/C22H30N4O2/c1-16-12-23-21(19-4-3-5-19)26(16)15-18-10-11-25(14-18)22(27)24-13-17-6-8-20(28-2)9-7-17/h6-9,12,18-19H,3-5,10-11,13-15H2,1-2H3,(H,24,27). The van der Waals surface area contributed by atoms with Crippen LogP contribution in [0.2, 0.25) is 0 Å². The summed E-state index contributed by atoms with van der Waals surface area (Å²) in [5.41, 5.74) is 2.31. The molecule has 0 radical (unpaired) electrons. The summed E-state index contributed by atoms with van der Waals surface area (Å²) < 4.78 is 7.57. The molecule has 2 aromatic rings. The second-order valence-corrected chi connectivity index (χ2v) is 8.10. The predicted octanol–water partition coefficient (Wildman–Crippen LogP) is 3.70. The highest BCUT2D eigenvalue weighted by atomic mass is 16.5. The minimum absolute atomic E-state index is 0.0277. The Bertz CT molecular complexity index is 810. The van der Waals surface area contributed by atoms with Crippen molar-refractivity contribution in [1.29, 1.82) is 0 Å². The van der Waals surface area contributed by atoms with Gasteiger partial charge in [-0.25, -0.2) is 9.78 Å². The Balaban J connectivity index is 1.29. The molecular formula is C22H30N4O2. The fourth-order valence-electron chi connectivity index (χ4n) is 4.17. The third-order valence-corrected chi connectivity index (χ3v) is 6.17. The number of urea groups is 1. The molecule has 1 aromatic carbocycles. The molecule has 1 unspecified atom stereocenters. The van der Waals surface area contributed by atoms with E-state index < -0.39 is 0 Å². The van der Waals surface area contributed by atoms with Crippen LogP contribution < -0.4 is 10.1 Å². The number of rotatable bonds is 6. The molecule has 6 nitrogen and oxygen atoms in total. The van der Waals surface area contributed by atoms with E-state index in [4.69, 9.17) is 4.74 Å². The number of ether oxygens (including phenoxy) is 1. The summed E-state index contributed by atoms with van der Waals surface area (Å²) in [4.78, 5) is 19.2. The molecule has 2 aliphatic rings. The highest BCUT2D eigenvalue weighted by Crippen LogP contribution is 2.36. The second kappa shape index (κ2) is 8.25. The van der Waals surface area contributed by atoms with Crippen molar-refractivity contribution < 1.29 is 9.53 Å². The van der Waals surface area contributed by atoms with E-state index in [2.05, 4.69) is 21.8 Å². The smallest absolute Gasteiger partial charge is 0.317 e. The van der Waals surface area contributed by atoms with Crippen LogP contribution in [0, 0.1) is 12.8 Å². The molecule has 150 valence electrons. The van der Waals surface area contributed by atoms with Gasteiger partial charge in [0.05, 0.1) is 7.11 Å². The van der Waals surface area contributed by atoms with Gasteiger partial charge in [0, 0.05) is 44.0 Å². The SMILES string of the molecule is COc1ccc(CNC(=O)N2CCC(Cn3c(C)cnc3C3CCC3)C2)cc1. The Morgan fingerprint density at radius 3 is 2.71 bits per heavy atom. The number of imidazole rings is 1. The van der Waals surface area contributed by atoms with Crippen molar-refractivity contribution in [2.75, 3.05) is 20.2 Å². The second-order valence-electron chi connectivity index (χ2n) is 8.10. The first-order valence-corrected chi connectivity index (χ1v) is 10.3. The zero-order valence-electron chi connectivity index (χ0n) is 16.9. The lowest BCUT2D eigenvalue weighted by Gasteiger charge is -2.27. The van der Waals surface area contributed by atoms with E-state index in [1.54, 1.807) is 7.11 Å². The van der Waals surface area contributed by atoms with Gasteiger partial charge in [0.2, 0.25) is 0 Å². The van der Waals surface area contributed by atoms with Crippen LogP contribution in [0.15, 0.2) is 30.5 Å². The molecule has 2 amide bonds. The number of amides is 2. The fourth-order valence-corrected chi connectivity index (χ4v) is 4.17. The normalized spacial score (nSPS) is 19.5. The highest BCUT2D eigenvalue weighted by Gasteiger charge is 2.29. The number of aryl methyl sites for hydroxylation is 1. The van der Waals surface area contributed by atoms with E-state index in [1.807, 2.05) is 35.4 Å². The molecule has 1 N–H and O–H groups in total. The Labute approximate surface area is 166 Å². The average molecular weight is 383 g/mol. The van der Waals surface area contributed by atoms with Crippen molar-refractivity contribution in [2.45, 2.75) is 51.6 Å². The quantitative estimate of drug-likeness (QED) is 0.829. The number of aromatic nitrogens is 2. The van der Waals surface area contributed by atoms with Crippen LogP contribution in [-0.4, -0.2) is 40.7 Å². The lowest BCUT2D eigenvalue weighted by atomic mass is 9.84. The minimum atomic E-state index is 0.0277. The van der Waals surface area contributed by atoms with E-state index in [0.29, 0.717) is 18.4 Å². The monoisotopic (exact) mass is 382 g/mol. The van der Waals surface area contributed by atoms with Crippen molar-refractivity contribution in [3.05, 3.63) is 47.5 Å². The summed E-state index contributed by atoms with van der Waals surface area (Å²) in [7, 11) is 1.65. The Hall–Kier alpha value is -2.50. The van der Waals surface area contributed by atoms with Crippen LogP contribution in [0.5, 0.6) is 5.75 Å². The van der Waals surface area contributed by atoms with Gasteiger partial charge in [-0.2, -0.15) is 0 Å². The maximum absolute atomic E-state index is 12.6. The fraction of sp³-hybridized carbons (Fsp3) is 0.545. The molecule has 1 aliphatic heterocycles. The number of nitrogens with one attached hydrogen (secondary N) is 1. The average Bonchev–Trinajstić information content (AvgIpc) is 3.28. The zero-order valence-corrected chi connectivity index (χ0v) is 16.9. The minimum Gasteiger partial charge on any atom is -0.497 e. The molecule has 1 saturated carbocycles. The molecule has 1 aliphatic carbocycles. The lowest BCUT2D eigenvalue weighted by Crippen LogP contribution is -2.38. The Morgan fingerprint density at radius 2 is 2.04 bits per heavy atom. The molecule has 28 heavy (non-hydrogen) atoms. The van der Waals surface area contributed by atoms with Gasteiger partial charge in [-0.1, -0.05) is 18.6 Å². The van der Waals surface area contributed by atoms with E-state index in [9.17, 15) is 4.79 Å². The molecule has 0 spiro atoms. The number of carbonyl (C=O) groups excluding carboxylic acids is 1. The van der Waals surface area contributed by atoms with E-state index in [-0.39, 0.29) is 6.03 Å². The Morgan fingerprint density at radius 1 is 1.25 bits per heavy atom. The highest BCUT2D eigenvalue weighted by molar-refractivity contribution is 5.74. The van der Waals surface area contributed by atoms with E-state index >= 15 is 0 Å². The van der Waals surface area contributed by atoms with E-state index in [1.165, 1.54) is 30.8 Å². The summed E-state index contributed by atoms with van der Waals surface area (Å²) in [6.45, 7) is 5.29. The van der Waals surface area contributed by atoms with Gasteiger partial charge in [-0.05, 0) is 49.8 Å². The van der Waals surface area contributed by atoms with Crippen LogP contribution in [0.1, 0.15) is 48.7 Å². The number of nitrogens with zero attached hydrogens (tertiary/aromatic N) is 3. The molecule has 2 heterocycles. The van der Waals surface area contributed by atoms with Crippen molar-refractivity contribution >= 4 is 6.03 Å². The third kappa shape index (κ3) is 4.01. The number of benzene rings is 1. The summed E-state index contributed by atoms with van der Waals surface area (Å²) in [6, 6.07) is 7.83. The zero-order chi connectivity index (χ0) is 19.5. The van der Waals surface area contributed by atoms with Crippen molar-refractivity contribution in [2.24, 2.45) is 5.92 Å². The molecule has 2 fully saturated rings. The summed E-state index contributed by atoms with van der Waals surface area (Å²) in [5, 5.41) is 3.04. The van der Waals surface area contributed by atoms with Crippen LogP contribution in [0.4, 0.5) is 4.79 Å². The first kappa shape index (κ1) is 18.8. The van der Waals surface area contributed by atoms with Gasteiger partial charge in [-0.15, -0.1) is 0 Å². The van der Waals surface area contributed by atoms with Crippen molar-refractivity contribution in [1.82, 2.24) is 19.8 Å². The van der Waals surface area contributed by atoms with Gasteiger partial charge in [0.15, 0.2) is 0 Å². The van der Waals surface area contributed by atoms with Gasteiger partial charge in [-0.3, -0.25) is 0 Å². The summed E-state index contributed by atoms with van der Waals surface area (Å²) in [5.74, 6) is 3.22. The molecule has 4 rings (SSSR count). The number of hydrogen-bond donors (Lipinski definition) is 1. The van der Waals surface area contributed by atoms with Crippen molar-refractivity contribution in [3.8, 4) is 5.75 Å². The molecule has 1 atom stereocenters. The number of hydrogen-bond acceptors (Lipinski definition) is 3. The summed E-state index contributed by atoms with van der Waals surface area (Å²) in [6.07, 6.45) is 6.91. The molecule has 1 saturated heterocycles. The molecule has 0 bridgehead atoms. The summed E-state index contributed by atoms with van der Waals surface area (Å²) >= 11 is 0.